The Labute approximate surface area is 86.2 Å². The van der Waals surface area contributed by atoms with Gasteiger partial charge in [0.1, 0.15) is 0 Å². The van der Waals surface area contributed by atoms with Gasteiger partial charge in [-0.05, 0) is 34.6 Å². The molecule has 0 heterocycles. The van der Waals surface area contributed by atoms with E-state index in [1.807, 2.05) is 39.5 Å². The van der Waals surface area contributed by atoms with Gasteiger partial charge in [0.15, 0.2) is 0 Å². The van der Waals surface area contributed by atoms with E-state index < -0.39 is 5.41 Å². The molecule has 0 aliphatic carbocycles. The van der Waals surface area contributed by atoms with Gasteiger partial charge in [-0.25, -0.2) is 0 Å². The third-order valence-corrected chi connectivity index (χ3v) is 2.81. The van der Waals surface area contributed by atoms with Gasteiger partial charge in [-0.2, -0.15) is 0 Å². The standard InChI is InChI=1S/C10H20ClNO/c1-6-12(8(2)3)9(13)10(4,5)7-11/h8H,6-7H2,1-5H3. The summed E-state index contributed by atoms with van der Waals surface area (Å²) in [5.41, 5.74) is -0.443. The predicted octanol–water partition coefficient (Wildman–Crippen LogP) is 2.51. The summed E-state index contributed by atoms with van der Waals surface area (Å²) in [6, 6.07) is 0.250. The lowest BCUT2D eigenvalue weighted by molar-refractivity contribution is -0.140. The van der Waals surface area contributed by atoms with E-state index in [2.05, 4.69) is 0 Å². The highest BCUT2D eigenvalue weighted by Gasteiger charge is 2.31. The van der Waals surface area contributed by atoms with Crippen molar-refractivity contribution in [3.8, 4) is 0 Å². The predicted molar refractivity (Wildman–Crippen MR) is 57.0 cm³/mol. The Bertz CT molecular complexity index is 178. The maximum Gasteiger partial charge on any atom is 0.229 e. The molecule has 0 aromatic heterocycles. The minimum absolute atomic E-state index is 0.139. The van der Waals surface area contributed by atoms with Crippen LogP contribution >= 0.6 is 11.6 Å². The van der Waals surface area contributed by atoms with E-state index in [-0.39, 0.29) is 11.9 Å². The van der Waals surface area contributed by atoms with Gasteiger partial charge < -0.3 is 4.90 Å². The van der Waals surface area contributed by atoms with Crippen molar-refractivity contribution in [2.24, 2.45) is 5.41 Å². The SMILES string of the molecule is CCN(C(=O)C(C)(C)CCl)C(C)C. The van der Waals surface area contributed by atoms with Crippen LogP contribution in [-0.4, -0.2) is 29.3 Å². The van der Waals surface area contributed by atoms with Crippen LogP contribution < -0.4 is 0 Å². The molecule has 0 unspecified atom stereocenters. The molecule has 0 rings (SSSR count). The molecule has 13 heavy (non-hydrogen) atoms. The number of hydrogen-bond acceptors (Lipinski definition) is 1. The third kappa shape index (κ3) is 3.18. The van der Waals surface area contributed by atoms with E-state index in [1.54, 1.807) is 0 Å². The second-order valence-electron chi connectivity index (χ2n) is 4.20. The van der Waals surface area contributed by atoms with Gasteiger partial charge in [0.05, 0.1) is 5.41 Å². The molecule has 0 bridgehead atoms. The van der Waals surface area contributed by atoms with Crippen molar-refractivity contribution >= 4 is 17.5 Å². The summed E-state index contributed by atoms with van der Waals surface area (Å²) in [7, 11) is 0. The zero-order valence-electron chi connectivity index (χ0n) is 9.22. The number of carbonyl (C=O) groups is 1. The Kier molecular flexibility index (Phi) is 4.76. The van der Waals surface area contributed by atoms with Crippen molar-refractivity contribution in [1.82, 2.24) is 4.90 Å². The number of alkyl halides is 1. The van der Waals surface area contributed by atoms with Crippen molar-refractivity contribution < 1.29 is 4.79 Å². The summed E-state index contributed by atoms with van der Waals surface area (Å²) in [6.45, 7) is 10.5. The molecule has 0 N–H and O–H groups in total. The molecule has 0 atom stereocenters. The van der Waals surface area contributed by atoms with Gasteiger partial charge in [0, 0.05) is 18.5 Å². The van der Waals surface area contributed by atoms with Gasteiger partial charge >= 0.3 is 0 Å². The van der Waals surface area contributed by atoms with Gasteiger partial charge in [0.25, 0.3) is 0 Å². The molecule has 0 saturated carbocycles. The number of carbonyl (C=O) groups excluding carboxylic acids is 1. The lowest BCUT2D eigenvalue weighted by Crippen LogP contribution is -2.45. The van der Waals surface area contributed by atoms with Crippen LogP contribution in [0.4, 0.5) is 0 Å². The molecule has 0 fully saturated rings. The lowest BCUT2D eigenvalue weighted by Gasteiger charge is -2.32. The van der Waals surface area contributed by atoms with Gasteiger partial charge in [-0.3, -0.25) is 4.79 Å². The maximum atomic E-state index is 11.9. The van der Waals surface area contributed by atoms with Crippen LogP contribution in [0.2, 0.25) is 0 Å². The molecule has 78 valence electrons. The lowest BCUT2D eigenvalue weighted by atomic mass is 9.94. The van der Waals surface area contributed by atoms with Crippen LogP contribution in [0.3, 0.4) is 0 Å². The Balaban J connectivity index is 4.55. The van der Waals surface area contributed by atoms with Gasteiger partial charge in [-0.1, -0.05) is 0 Å². The Morgan fingerprint density at radius 1 is 1.46 bits per heavy atom. The molecule has 0 aliphatic rings. The molecule has 0 saturated heterocycles. The first kappa shape index (κ1) is 12.8. The summed E-state index contributed by atoms with van der Waals surface area (Å²) in [5.74, 6) is 0.509. The molecular weight excluding hydrogens is 186 g/mol. The first-order valence-corrected chi connectivity index (χ1v) is 5.27. The second kappa shape index (κ2) is 4.85. The molecule has 0 aromatic rings. The topological polar surface area (TPSA) is 20.3 Å². The molecular formula is C10H20ClNO. The number of amides is 1. The fraction of sp³-hybridized carbons (Fsp3) is 0.900. The first-order chi connectivity index (χ1) is 5.86. The van der Waals surface area contributed by atoms with Crippen LogP contribution in [0.1, 0.15) is 34.6 Å². The van der Waals surface area contributed by atoms with E-state index in [0.717, 1.165) is 6.54 Å². The molecule has 0 radical (unpaired) electrons. The summed E-state index contributed by atoms with van der Waals surface area (Å²) < 4.78 is 0. The third-order valence-electron chi connectivity index (χ3n) is 2.14. The van der Waals surface area contributed by atoms with Crippen LogP contribution in [0.25, 0.3) is 0 Å². The van der Waals surface area contributed by atoms with Crippen LogP contribution in [-0.2, 0) is 4.79 Å². The monoisotopic (exact) mass is 205 g/mol. The second-order valence-corrected chi connectivity index (χ2v) is 4.47. The van der Waals surface area contributed by atoms with E-state index in [0.29, 0.717) is 5.88 Å². The normalized spacial score (nSPS) is 11.9. The van der Waals surface area contributed by atoms with E-state index >= 15 is 0 Å². The van der Waals surface area contributed by atoms with Crippen LogP contribution in [0, 0.1) is 5.41 Å². The Morgan fingerprint density at radius 3 is 2.15 bits per heavy atom. The summed E-state index contributed by atoms with van der Waals surface area (Å²) in [4.78, 5) is 13.8. The summed E-state index contributed by atoms with van der Waals surface area (Å²) in [6.07, 6.45) is 0. The minimum atomic E-state index is -0.443. The van der Waals surface area contributed by atoms with Crippen molar-refractivity contribution in [3.05, 3.63) is 0 Å². The van der Waals surface area contributed by atoms with Crippen molar-refractivity contribution in [2.75, 3.05) is 12.4 Å². The van der Waals surface area contributed by atoms with E-state index in [1.165, 1.54) is 0 Å². The number of nitrogens with zero attached hydrogens (tertiary/aromatic N) is 1. The molecule has 0 aliphatic heterocycles. The minimum Gasteiger partial charge on any atom is -0.340 e. The highest BCUT2D eigenvalue weighted by atomic mass is 35.5. The Hall–Kier alpha value is -0.240. The van der Waals surface area contributed by atoms with Crippen molar-refractivity contribution in [3.63, 3.8) is 0 Å². The highest BCUT2D eigenvalue weighted by Crippen LogP contribution is 2.21. The summed E-state index contributed by atoms with van der Waals surface area (Å²) in [5, 5.41) is 0. The van der Waals surface area contributed by atoms with Crippen LogP contribution in [0.5, 0.6) is 0 Å². The Morgan fingerprint density at radius 2 is 1.92 bits per heavy atom. The highest BCUT2D eigenvalue weighted by molar-refractivity contribution is 6.19. The van der Waals surface area contributed by atoms with E-state index in [9.17, 15) is 4.79 Å². The van der Waals surface area contributed by atoms with Crippen LogP contribution in [0.15, 0.2) is 0 Å². The fourth-order valence-corrected chi connectivity index (χ4v) is 1.30. The molecule has 0 aromatic carbocycles. The smallest absolute Gasteiger partial charge is 0.229 e. The zero-order valence-corrected chi connectivity index (χ0v) is 9.98. The quantitative estimate of drug-likeness (QED) is 0.646. The number of halogens is 1. The molecule has 0 spiro atoms. The van der Waals surface area contributed by atoms with E-state index in [4.69, 9.17) is 11.6 Å². The van der Waals surface area contributed by atoms with Gasteiger partial charge in [-0.15, -0.1) is 11.6 Å². The molecule has 3 heteroatoms. The number of hydrogen-bond donors (Lipinski definition) is 0. The van der Waals surface area contributed by atoms with Crippen molar-refractivity contribution in [2.45, 2.75) is 40.7 Å². The first-order valence-electron chi connectivity index (χ1n) is 4.73. The van der Waals surface area contributed by atoms with Crippen molar-refractivity contribution in [1.29, 1.82) is 0 Å². The largest absolute Gasteiger partial charge is 0.340 e. The zero-order chi connectivity index (χ0) is 10.6. The average Bonchev–Trinajstić information content (AvgIpc) is 2.05. The molecule has 1 amide bonds. The summed E-state index contributed by atoms with van der Waals surface area (Å²) >= 11 is 5.75. The molecule has 2 nitrogen and oxygen atoms in total. The van der Waals surface area contributed by atoms with Gasteiger partial charge in [0.2, 0.25) is 5.91 Å². The fourth-order valence-electron chi connectivity index (χ4n) is 1.19. The average molecular weight is 206 g/mol. The number of rotatable bonds is 4. The maximum absolute atomic E-state index is 11.9.